The standard InChI is InChI=1S/C26H24Cl3IN2O.C16H15Cl3N2.C11H13IO2.C11H14O2.C10H11IO2.C10H12O2.C8H19N.C4H8O.CH4O.CH4.B.ClH.Na.H2O/c1-26(2,18-5-10-21(30)11-6-18)25(33)31-13-14-32(23-12-9-20(28)15-22(23)29)24(16-31)17-3-7-19(27)8-4-17;17-12-3-1-11(2-4-12)16-10-20-7-8-21(16)15-6-5-13(18)9-14(15)19;1-11(2,10(13)14-3)8-4-6-9(12)7-5-8;1-11(2,10(12)13-3)9-7-5-4-6-8-9;1-10(2,9(12)13)7-3-5-8(11)6-4-7;1-10(2,9(11)12)8-6-4-3-5-7-8;1-6-9(7(2)3)8(4)5;1-2-4-5-3-1;1-2;;;;;/h3-12,15,24H,13-14,16H2,1-2H3;1-6,9,16,20H,7-8,10H2;4-7H,1-3H3;4-8H,1-3H3;3-6H,1-2H3,(H,12,13);3-7H,1-2H3,(H,11,12);7-8H,6H2,1-5H3;1-4H2;2H,1H3;1H4;;1H;;1H2/q;;;;;;;;;;;;+1;/p-1/t24-;16-;;;;;;;;;;;;/m00............/s1. The molecule has 3 radical (unpaired) electrons. The zero-order valence-corrected chi connectivity index (χ0v) is 89.4. The molecule has 3 fully saturated rings. The van der Waals surface area contributed by atoms with Crippen LogP contribution >= 0.6 is 150 Å². The third kappa shape index (κ3) is 38.9. The SMILES string of the molecule is C.C1CCOC1.CC(C)(C(=O)N1CCN(c2ccc(Cl)cc2Cl)[C@H](c2ccc(Cl)cc2)C1)c1ccc(I)cc1.CC(C)(C(=O)O)c1ccc(I)cc1.CC(C)(C(=O)O)c1ccccc1.CCN(C(C)C)C(C)C.CO.COC(=O)C(C)(C)c1ccc(I)cc1.COC(=O)C(C)(C)c1ccccc1.Cl.Clc1ccc([C@@H]2CNCCN2c2ccc(Cl)cc2Cl)cc1.[B].[Na+].[OH-]. The second kappa shape index (κ2) is 61.0. The molecule has 3 aliphatic heterocycles. The van der Waals surface area contributed by atoms with Gasteiger partial charge in [-0.2, -0.15) is 0 Å². The zero-order valence-electron chi connectivity index (χ0n) is 75.6. The van der Waals surface area contributed by atoms with Crippen molar-refractivity contribution in [3.63, 3.8) is 0 Å². The maximum absolute atomic E-state index is 13.7. The predicted octanol–water partition coefficient (Wildman–Crippen LogP) is 22.0. The molecule has 3 heterocycles. The quantitative estimate of drug-likeness (QED) is 0.0377. The third-order valence-corrected chi connectivity index (χ3v) is 24.8. The Morgan fingerprint density at radius 1 is 0.472 bits per heavy atom. The average Bonchev–Trinajstić information content (AvgIpc) is 0.867. The number of nitrogens with zero attached hydrogens (tertiary/aromatic N) is 4. The summed E-state index contributed by atoms with van der Waals surface area (Å²) in [6, 6.07) is 71.0. The molecule has 0 saturated carbocycles. The van der Waals surface area contributed by atoms with Crippen LogP contribution in [0.3, 0.4) is 0 Å². The first-order chi connectivity index (χ1) is 57.5. The van der Waals surface area contributed by atoms with Gasteiger partial charge in [0.2, 0.25) is 5.91 Å². The summed E-state index contributed by atoms with van der Waals surface area (Å²) < 4.78 is 17.9. The summed E-state index contributed by atoms with van der Waals surface area (Å²) in [6.45, 7) is 37.1. The molecule has 2 atom stereocenters. The number of carbonyl (C=O) groups is 5. The monoisotopic (exact) mass is 2220 g/mol. The van der Waals surface area contributed by atoms with E-state index >= 15 is 0 Å². The summed E-state index contributed by atoms with van der Waals surface area (Å²) in [4.78, 5) is 67.4. The van der Waals surface area contributed by atoms with Crippen molar-refractivity contribution in [3.8, 4) is 0 Å². The van der Waals surface area contributed by atoms with Gasteiger partial charge in [0.15, 0.2) is 0 Å². The number of aliphatic carboxylic acids is 2. The summed E-state index contributed by atoms with van der Waals surface area (Å²) in [5.74, 6) is -1.90. The molecule has 127 heavy (non-hydrogen) atoms. The van der Waals surface area contributed by atoms with Crippen molar-refractivity contribution in [2.45, 2.75) is 175 Å². The number of nitrogens with one attached hydrogen (secondary N) is 1. The van der Waals surface area contributed by atoms with Gasteiger partial charge in [0.1, 0.15) is 0 Å². The van der Waals surface area contributed by atoms with E-state index in [1.807, 2.05) is 241 Å². The van der Waals surface area contributed by atoms with Crippen LogP contribution in [0.25, 0.3) is 0 Å². The van der Waals surface area contributed by atoms with Crippen molar-refractivity contribution < 1.29 is 88.5 Å². The Balaban J connectivity index is 0. The fourth-order valence-electron chi connectivity index (χ4n) is 13.3. The minimum atomic E-state index is -0.801. The number of benzene rings is 9. The molecule has 0 bridgehead atoms. The number of aliphatic hydroxyl groups excluding tert-OH is 1. The van der Waals surface area contributed by atoms with Gasteiger partial charge in [-0.1, -0.05) is 205 Å². The van der Waals surface area contributed by atoms with Crippen LogP contribution in [-0.4, -0.2) is 161 Å². The molecule has 5 N–H and O–H groups in total. The van der Waals surface area contributed by atoms with E-state index in [1.165, 1.54) is 32.6 Å². The van der Waals surface area contributed by atoms with Crippen molar-refractivity contribution in [1.82, 2.24) is 15.1 Å². The topological polar surface area (TPSA) is 229 Å². The molecular weight excluding hydrogens is 2100 g/mol. The Kier molecular flexibility index (Phi) is 59.6. The fraction of sp³-hybridized carbons (Fsp3) is 0.398. The maximum Gasteiger partial charge on any atom is 1.00 e. The molecule has 29 heteroatoms. The van der Waals surface area contributed by atoms with Crippen molar-refractivity contribution in [3.05, 3.63) is 298 Å². The Morgan fingerprint density at radius 2 is 0.787 bits per heavy atom. The molecule has 1 amide bonds. The van der Waals surface area contributed by atoms with E-state index < -0.39 is 39.0 Å². The second-order valence-electron chi connectivity index (χ2n) is 32.0. The average molecular weight is 2230 g/mol. The van der Waals surface area contributed by atoms with E-state index in [4.69, 9.17) is 99.1 Å². The largest absolute Gasteiger partial charge is 1.00 e. The van der Waals surface area contributed by atoms with E-state index in [1.54, 1.807) is 39.8 Å². The molecule has 9 aromatic rings. The van der Waals surface area contributed by atoms with Gasteiger partial charge in [0.25, 0.3) is 0 Å². The number of carboxylic acid groups (broad SMARTS) is 2. The number of rotatable bonds is 17. The Labute approximate surface area is 857 Å². The van der Waals surface area contributed by atoms with Gasteiger partial charge in [-0.15, -0.1) is 12.4 Å². The molecule has 0 spiro atoms. The first-order valence-corrected chi connectivity index (χ1v) is 45.7. The number of anilines is 2. The zero-order chi connectivity index (χ0) is 91.5. The van der Waals surface area contributed by atoms with Gasteiger partial charge >= 0.3 is 53.4 Å². The Hall–Kier alpha value is -4.99. The summed E-state index contributed by atoms with van der Waals surface area (Å²) in [5, 5.41) is 32.3. The molecular formula is C98H126BCl7I3N5NaO12. The molecule has 0 unspecified atom stereocenters. The van der Waals surface area contributed by atoms with E-state index in [2.05, 4.69) is 135 Å². The molecule has 3 saturated heterocycles. The van der Waals surface area contributed by atoms with Gasteiger partial charge in [0, 0.05) is 111 Å². The number of piperazine rings is 2. The number of esters is 2. The summed E-state index contributed by atoms with van der Waals surface area (Å²) in [7, 11) is 3.82. The summed E-state index contributed by atoms with van der Waals surface area (Å²) in [5.41, 5.74) is 5.50. The molecule has 9 aromatic carbocycles. The van der Waals surface area contributed by atoms with Crippen LogP contribution in [0.2, 0.25) is 30.1 Å². The van der Waals surface area contributed by atoms with Crippen LogP contribution in [0.15, 0.2) is 218 Å². The van der Waals surface area contributed by atoms with E-state index in [9.17, 15) is 24.0 Å². The number of hydrogen-bond acceptors (Lipinski definition) is 14. The van der Waals surface area contributed by atoms with Gasteiger partial charge in [-0.3, -0.25) is 28.9 Å². The van der Waals surface area contributed by atoms with Crippen molar-refractivity contribution in [2.75, 3.05) is 90.2 Å². The number of methoxy groups -OCH3 is 2. The normalized spacial score (nSPS) is 13.9. The minimum Gasteiger partial charge on any atom is -0.870 e. The van der Waals surface area contributed by atoms with Crippen LogP contribution in [0.5, 0.6) is 0 Å². The third-order valence-electron chi connectivity index (χ3n) is 21.1. The number of ether oxygens (including phenoxy) is 3. The molecule has 689 valence electrons. The van der Waals surface area contributed by atoms with Crippen molar-refractivity contribution in [1.29, 1.82) is 0 Å². The van der Waals surface area contributed by atoms with Crippen molar-refractivity contribution in [2.24, 2.45) is 0 Å². The van der Waals surface area contributed by atoms with Crippen LogP contribution in [0.1, 0.15) is 175 Å². The summed E-state index contributed by atoms with van der Waals surface area (Å²) >= 11 is 43.9. The predicted molar refractivity (Wildman–Crippen MR) is 553 cm³/mol. The van der Waals surface area contributed by atoms with Gasteiger partial charge in [0.05, 0.1) is 74.8 Å². The van der Waals surface area contributed by atoms with Gasteiger partial charge in [-0.05, 0) is 320 Å². The Bertz CT molecular complexity index is 4670. The maximum atomic E-state index is 13.7. The van der Waals surface area contributed by atoms with Crippen molar-refractivity contribution >= 4 is 199 Å². The molecule has 3 aliphatic rings. The van der Waals surface area contributed by atoms with E-state index in [0.29, 0.717) is 56.8 Å². The fourth-order valence-corrected chi connectivity index (χ4v) is 15.7. The molecule has 17 nitrogen and oxygen atoms in total. The molecule has 0 aliphatic carbocycles. The van der Waals surface area contributed by atoms with E-state index in [-0.39, 0.29) is 93.2 Å². The first kappa shape index (κ1) is 124. The van der Waals surface area contributed by atoms with E-state index in [0.717, 1.165) is 107 Å². The summed E-state index contributed by atoms with van der Waals surface area (Å²) in [6.07, 6.45) is 2.56. The number of carboxylic acids is 2. The molecule has 12 rings (SSSR count). The number of amides is 1. The van der Waals surface area contributed by atoms with Gasteiger partial charge < -0.3 is 55.0 Å². The van der Waals surface area contributed by atoms with Crippen LogP contribution in [-0.2, 0) is 65.3 Å². The second-order valence-corrected chi connectivity index (χ2v) is 38.3. The number of carbonyl (C=O) groups excluding carboxylic acids is 3. The van der Waals surface area contributed by atoms with Crippen LogP contribution in [0, 0.1) is 10.7 Å². The molecule has 0 aromatic heterocycles. The minimum absolute atomic E-state index is 0. The van der Waals surface area contributed by atoms with Crippen LogP contribution in [0.4, 0.5) is 11.4 Å². The Morgan fingerprint density at radius 3 is 1.09 bits per heavy atom. The first-order valence-electron chi connectivity index (χ1n) is 40.2. The number of aliphatic hydroxyl groups is 1. The van der Waals surface area contributed by atoms with Crippen LogP contribution < -0.4 is 44.7 Å². The smallest absolute Gasteiger partial charge is 0.870 e. The number of hydrogen-bond donors (Lipinski definition) is 4. The van der Waals surface area contributed by atoms with Gasteiger partial charge in [-0.25, -0.2) is 0 Å². The number of halogens is 10.